The topological polar surface area (TPSA) is 82.3 Å². The number of nitriles is 1. The van der Waals surface area contributed by atoms with Crippen LogP contribution in [0.2, 0.25) is 0 Å². The second-order valence-electron chi connectivity index (χ2n) is 5.76. The Bertz CT molecular complexity index is 773. The third-order valence-corrected chi connectivity index (χ3v) is 3.65. The van der Waals surface area contributed by atoms with Crippen LogP contribution in [0, 0.1) is 31.1 Å². The molecular weight excluding hydrogens is 304 g/mol. The maximum atomic E-state index is 12.4. The number of hydrogen-bond donors (Lipinski definition) is 2. The molecule has 5 heteroatoms. The molecule has 1 amide bonds. The Balaban J connectivity index is 2.13. The van der Waals surface area contributed by atoms with Crippen LogP contribution in [-0.4, -0.2) is 18.1 Å². The van der Waals surface area contributed by atoms with Gasteiger partial charge in [-0.05, 0) is 61.2 Å². The number of benzene rings is 2. The Morgan fingerprint density at radius 2 is 1.92 bits per heavy atom. The summed E-state index contributed by atoms with van der Waals surface area (Å²) in [5.41, 5.74) is 3.51. The molecule has 0 aromatic heterocycles. The van der Waals surface area contributed by atoms with Crippen LogP contribution < -0.4 is 10.1 Å². The van der Waals surface area contributed by atoms with Crippen LogP contribution in [-0.2, 0) is 11.2 Å². The minimum absolute atomic E-state index is 0.0226. The number of nitrogens with zero attached hydrogens (tertiary/aromatic N) is 1. The van der Waals surface area contributed by atoms with Gasteiger partial charge in [-0.1, -0.05) is 12.1 Å². The fourth-order valence-electron chi connectivity index (χ4n) is 2.56. The lowest BCUT2D eigenvalue weighted by Gasteiger charge is -2.12. The molecule has 1 atom stereocenters. The SMILES string of the molecule is COc1cc(C[C@@H](C#N)C(=O)Nc2cc(C)cc(C)c2)ccc1O. The molecule has 0 saturated heterocycles. The Morgan fingerprint density at radius 3 is 2.50 bits per heavy atom. The van der Waals surface area contributed by atoms with Crippen LogP contribution in [0.5, 0.6) is 11.5 Å². The average molecular weight is 324 g/mol. The van der Waals surface area contributed by atoms with E-state index in [0.29, 0.717) is 11.4 Å². The third-order valence-electron chi connectivity index (χ3n) is 3.65. The Morgan fingerprint density at radius 1 is 1.25 bits per heavy atom. The summed E-state index contributed by atoms with van der Waals surface area (Å²) >= 11 is 0. The molecule has 2 aromatic carbocycles. The summed E-state index contributed by atoms with van der Waals surface area (Å²) in [4.78, 5) is 12.4. The molecule has 124 valence electrons. The van der Waals surface area contributed by atoms with Gasteiger partial charge in [-0.15, -0.1) is 0 Å². The summed E-state index contributed by atoms with van der Waals surface area (Å²) in [5.74, 6) is -0.844. The number of anilines is 1. The van der Waals surface area contributed by atoms with Gasteiger partial charge >= 0.3 is 0 Å². The summed E-state index contributed by atoms with van der Waals surface area (Å²) in [6.45, 7) is 3.90. The summed E-state index contributed by atoms with van der Waals surface area (Å²) in [7, 11) is 1.45. The van der Waals surface area contributed by atoms with Crippen molar-refractivity contribution in [2.45, 2.75) is 20.3 Å². The van der Waals surface area contributed by atoms with Crippen LogP contribution in [0.3, 0.4) is 0 Å². The molecule has 0 saturated carbocycles. The molecule has 0 aliphatic heterocycles. The molecule has 0 bridgehead atoms. The number of rotatable bonds is 5. The largest absolute Gasteiger partial charge is 0.504 e. The molecule has 0 aliphatic rings. The fourth-order valence-corrected chi connectivity index (χ4v) is 2.56. The highest BCUT2D eigenvalue weighted by Crippen LogP contribution is 2.27. The molecule has 0 heterocycles. The molecule has 0 radical (unpaired) electrons. The first-order chi connectivity index (χ1) is 11.4. The maximum absolute atomic E-state index is 12.4. The van der Waals surface area contributed by atoms with Gasteiger partial charge in [0.2, 0.25) is 5.91 Å². The number of phenolic OH excluding ortho intramolecular Hbond substituents is 1. The first-order valence-electron chi connectivity index (χ1n) is 7.57. The van der Waals surface area contributed by atoms with Crippen molar-refractivity contribution in [1.29, 1.82) is 5.26 Å². The zero-order valence-corrected chi connectivity index (χ0v) is 14.0. The van der Waals surface area contributed by atoms with Gasteiger partial charge in [0.15, 0.2) is 11.5 Å². The molecule has 0 aliphatic carbocycles. The molecular formula is C19H20N2O3. The van der Waals surface area contributed by atoms with E-state index in [0.717, 1.165) is 16.7 Å². The number of carbonyl (C=O) groups is 1. The Kier molecular flexibility index (Phi) is 5.43. The van der Waals surface area contributed by atoms with Crippen molar-refractivity contribution in [3.05, 3.63) is 53.1 Å². The van der Waals surface area contributed by atoms with Crippen molar-refractivity contribution >= 4 is 11.6 Å². The maximum Gasteiger partial charge on any atom is 0.242 e. The molecule has 5 nitrogen and oxygen atoms in total. The first-order valence-corrected chi connectivity index (χ1v) is 7.57. The van der Waals surface area contributed by atoms with E-state index >= 15 is 0 Å². The van der Waals surface area contributed by atoms with Crippen LogP contribution in [0.1, 0.15) is 16.7 Å². The van der Waals surface area contributed by atoms with Crippen LogP contribution >= 0.6 is 0 Å². The zero-order chi connectivity index (χ0) is 17.7. The van der Waals surface area contributed by atoms with Crippen molar-refractivity contribution < 1.29 is 14.6 Å². The first kappa shape index (κ1) is 17.4. The van der Waals surface area contributed by atoms with Gasteiger partial charge in [0, 0.05) is 5.69 Å². The Labute approximate surface area is 141 Å². The van der Waals surface area contributed by atoms with E-state index in [4.69, 9.17) is 4.74 Å². The van der Waals surface area contributed by atoms with Crippen LogP contribution in [0.25, 0.3) is 0 Å². The van der Waals surface area contributed by atoms with Crippen molar-refractivity contribution in [2.24, 2.45) is 5.92 Å². The second kappa shape index (κ2) is 7.51. The van der Waals surface area contributed by atoms with Gasteiger partial charge < -0.3 is 15.2 Å². The van der Waals surface area contributed by atoms with E-state index < -0.39 is 5.92 Å². The number of aryl methyl sites for hydroxylation is 2. The van der Waals surface area contributed by atoms with E-state index in [1.165, 1.54) is 13.2 Å². The molecule has 0 unspecified atom stereocenters. The van der Waals surface area contributed by atoms with E-state index in [2.05, 4.69) is 5.32 Å². The van der Waals surface area contributed by atoms with E-state index in [1.54, 1.807) is 12.1 Å². The number of phenols is 1. The van der Waals surface area contributed by atoms with E-state index in [-0.39, 0.29) is 18.1 Å². The lowest BCUT2D eigenvalue weighted by Crippen LogP contribution is -2.23. The van der Waals surface area contributed by atoms with Gasteiger partial charge in [-0.2, -0.15) is 5.26 Å². The Hall–Kier alpha value is -3.00. The van der Waals surface area contributed by atoms with Gasteiger partial charge in [0.25, 0.3) is 0 Å². The monoisotopic (exact) mass is 324 g/mol. The minimum Gasteiger partial charge on any atom is -0.504 e. The molecule has 0 spiro atoms. The number of hydrogen-bond acceptors (Lipinski definition) is 4. The highest BCUT2D eigenvalue weighted by Gasteiger charge is 2.19. The van der Waals surface area contributed by atoms with Gasteiger partial charge in [-0.3, -0.25) is 4.79 Å². The lowest BCUT2D eigenvalue weighted by atomic mass is 9.99. The third kappa shape index (κ3) is 4.26. The van der Waals surface area contributed by atoms with Crippen molar-refractivity contribution in [2.75, 3.05) is 12.4 Å². The zero-order valence-electron chi connectivity index (χ0n) is 14.0. The predicted octanol–water partition coefficient (Wildman–Crippen LogP) is 3.34. The number of aromatic hydroxyl groups is 1. The lowest BCUT2D eigenvalue weighted by molar-refractivity contribution is -0.118. The van der Waals surface area contributed by atoms with Gasteiger partial charge in [-0.25, -0.2) is 0 Å². The highest BCUT2D eigenvalue weighted by molar-refractivity contribution is 5.94. The normalized spacial score (nSPS) is 11.4. The molecule has 0 fully saturated rings. The number of ether oxygens (including phenoxy) is 1. The number of nitrogens with one attached hydrogen (secondary N) is 1. The second-order valence-corrected chi connectivity index (χ2v) is 5.76. The van der Waals surface area contributed by atoms with E-state index in [1.807, 2.05) is 38.1 Å². The molecule has 24 heavy (non-hydrogen) atoms. The van der Waals surface area contributed by atoms with Crippen LogP contribution in [0.15, 0.2) is 36.4 Å². The number of methoxy groups -OCH3 is 1. The smallest absolute Gasteiger partial charge is 0.242 e. The van der Waals surface area contributed by atoms with Crippen molar-refractivity contribution in [1.82, 2.24) is 0 Å². The summed E-state index contributed by atoms with van der Waals surface area (Å²) < 4.78 is 5.05. The standard InChI is InChI=1S/C19H20N2O3/c1-12-6-13(2)8-16(7-12)21-19(23)15(11-20)9-14-4-5-17(22)18(10-14)24-3/h4-8,10,15,22H,9H2,1-3H3,(H,21,23)/t15-/m0/s1. The van der Waals surface area contributed by atoms with Crippen molar-refractivity contribution in [3.8, 4) is 17.6 Å². The number of amides is 1. The summed E-state index contributed by atoms with van der Waals surface area (Å²) in [5, 5.41) is 21.7. The van der Waals surface area contributed by atoms with Gasteiger partial charge in [0.1, 0.15) is 5.92 Å². The highest BCUT2D eigenvalue weighted by atomic mass is 16.5. The quantitative estimate of drug-likeness (QED) is 0.883. The predicted molar refractivity (Wildman–Crippen MR) is 92.0 cm³/mol. The van der Waals surface area contributed by atoms with Crippen molar-refractivity contribution in [3.63, 3.8) is 0 Å². The molecule has 2 N–H and O–H groups in total. The van der Waals surface area contributed by atoms with E-state index in [9.17, 15) is 15.2 Å². The molecule has 2 rings (SSSR count). The molecule has 2 aromatic rings. The van der Waals surface area contributed by atoms with Gasteiger partial charge in [0.05, 0.1) is 13.2 Å². The fraction of sp³-hybridized carbons (Fsp3) is 0.263. The summed E-state index contributed by atoms with van der Waals surface area (Å²) in [6.07, 6.45) is 0.240. The van der Waals surface area contributed by atoms with Crippen LogP contribution in [0.4, 0.5) is 5.69 Å². The number of carbonyl (C=O) groups excluding carboxylic acids is 1. The summed E-state index contributed by atoms with van der Waals surface area (Å²) in [6, 6.07) is 12.6. The average Bonchev–Trinajstić information content (AvgIpc) is 2.52. The minimum atomic E-state index is -0.833.